The Balaban J connectivity index is 1.52. The molecule has 0 spiro atoms. The smallest absolute Gasteiger partial charge is 0.246 e. The number of hydrogen-bond donors (Lipinski definition) is 2. The van der Waals surface area contributed by atoms with E-state index < -0.39 is 18.1 Å². The van der Waals surface area contributed by atoms with Crippen LogP contribution >= 0.6 is 11.3 Å². The zero-order valence-corrected chi connectivity index (χ0v) is 17.2. The molecule has 8 nitrogen and oxygen atoms in total. The third kappa shape index (κ3) is 3.75. The molecule has 3 heterocycles. The lowest BCUT2D eigenvalue weighted by Gasteiger charge is -2.48. The number of carbonyl (C=O) groups excluding carboxylic acids is 1. The topological polar surface area (TPSA) is 104 Å². The molecule has 10 heteroatoms. The van der Waals surface area contributed by atoms with E-state index in [1.165, 1.54) is 17.4 Å². The molecule has 0 aliphatic heterocycles. The number of pyridine rings is 1. The fourth-order valence-corrected chi connectivity index (χ4v) is 4.37. The maximum atomic E-state index is 14.4. The van der Waals surface area contributed by atoms with Gasteiger partial charge in [-0.2, -0.15) is 0 Å². The predicted molar refractivity (Wildman–Crippen MR) is 110 cm³/mol. The maximum absolute atomic E-state index is 14.4. The molecular weight excluding hydrogens is 407 g/mol. The summed E-state index contributed by atoms with van der Waals surface area (Å²) in [5, 5.41) is 20.7. The van der Waals surface area contributed by atoms with Crippen LogP contribution in [0.3, 0.4) is 0 Å². The highest BCUT2D eigenvalue weighted by Crippen LogP contribution is 2.47. The Morgan fingerprint density at radius 2 is 2.13 bits per heavy atom. The van der Waals surface area contributed by atoms with E-state index in [1.54, 1.807) is 18.5 Å². The van der Waals surface area contributed by atoms with E-state index >= 15 is 0 Å². The Morgan fingerprint density at radius 1 is 1.30 bits per heavy atom. The first kappa shape index (κ1) is 20.3. The van der Waals surface area contributed by atoms with Crippen molar-refractivity contribution in [2.45, 2.75) is 31.3 Å². The van der Waals surface area contributed by atoms with Gasteiger partial charge in [-0.05, 0) is 43.5 Å². The van der Waals surface area contributed by atoms with Crippen molar-refractivity contribution in [2.75, 3.05) is 18.6 Å². The van der Waals surface area contributed by atoms with E-state index in [2.05, 4.69) is 25.5 Å². The summed E-state index contributed by atoms with van der Waals surface area (Å²) in [6, 6.07) is 6.71. The number of rotatable bonds is 7. The third-order valence-electron chi connectivity index (χ3n) is 5.39. The lowest BCUT2D eigenvalue weighted by molar-refractivity contribution is -0.123. The van der Waals surface area contributed by atoms with E-state index in [-0.39, 0.29) is 5.82 Å². The van der Waals surface area contributed by atoms with Gasteiger partial charge in [-0.3, -0.25) is 9.78 Å². The lowest BCUT2D eigenvalue weighted by Crippen LogP contribution is -2.51. The van der Waals surface area contributed by atoms with Gasteiger partial charge in [-0.1, -0.05) is 0 Å². The van der Waals surface area contributed by atoms with Crippen molar-refractivity contribution in [2.24, 2.45) is 0 Å². The van der Waals surface area contributed by atoms with Crippen LogP contribution in [0.1, 0.15) is 29.8 Å². The van der Waals surface area contributed by atoms with Gasteiger partial charge in [0.2, 0.25) is 5.91 Å². The van der Waals surface area contributed by atoms with E-state index in [4.69, 9.17) is 5.11 Å². The molecule has 1 aliphatic carbocycles. The molecule has 4 rings (SSSR count). The highest BCUT2D eigenvalue weighted by Gasteiger charge is 2.46. The Morgan fingerprint density at radius 3 is 2.77 bits per heavy atom. The zero-order chi connectivity index (χ0) is 21.1. The fraction of sp³-hybridized carbons (Fsp3) is 0.350. The molecule has 1 amide bonds. The molecular formula is C20H21FN6O2S. The molecule has 2 N–H and O–H groups in total. The average molecular weight is 428 g/mol. The Bertz CT molecular complexity index is 1040. The minimum atomic E-state index is -0.546. The van der Waals surface area contributed by atoms with E-state index in [1.807, 2.05) is 24.1 Å². The summed E-state index contributed by atoms with van der Waals surface area (Å²) < 4.78 is 14.4. The maximum Gasteiger partial charge on any atom is 0.246 e. The number of anilines is 1. The van der Waals surface area contributed by atoms with Gasteiger partial charge < -0.3 is 15.3 Å². The summed E-state index contributed by atoms with van der Waals surface area (Å²) in [6.45, 7) is -0.251. The molecule has 3 aromatic rings. The van der Waals surface area contributed by atoms with Crippen LogP contribution in [-0.4, -0.2) is 44.8 Å². The van der Waals surface area contributed by atoms with Gasteiger partial charge in [0.15, 0.2) is 5.82 Å². The van der Waals surface area contributed by atoms with Crippen molar-refractivity contribution >= 4 is 23.1 Å². The van der Waals surface area contributed by atoms with Gasteiger partial charge in [0.25, 0.3) is 0 Å². The largest absolute Gasteiger partial charge is 0.387 e. The molecule has 1 aliphatic rings. The molecule has 0 atom stereocenters. The van der Waals surface area contributed by atoms with Gasteiger partial charge in [-0.15, -0.1) is 21.5 Å². The molecule has 0 aromatic carbocycles. The molecule has 0 radical (unpaired) electrons. The molecule has 1 saturated carbocycles. The molecule has 30 heavy (non-hydrogen) atoms. The van der Waals surface area contributed by atoms with Crippen LogP contribution in [0.2, 0.25) is 0 Å². The minimum absolute atomic E-state index is 0.295. The number of carbonyl (C=O) groups is 1. The number of nitrogens with zero attached hydrogens (tertiary/aromatic N) is 5. The second-order valence-corrected chi connectivity index (χ2v) is 8.24. The summed E-state index contributed by atoms with van der Waals surface area (Å²) >= 11 is 1.39. The molecule has 1 fully saturated rings. The summed E-state index contributed by atoms with van der Waals surface area (Å²) in [5.74, 6) is -0.112. The van der Waals surface area contributed by atoms with Crippen LogP contribution in [0.4, 0.5) is 10.2 Å². The van der Waals surface area contributed by atoms with Crippen LogP contribution in [-0.2, 0) is 16.9 Å². The van der Waals surface area contributed by atoms with Crippen molar-refractivity contribution in [3.63, 3.8) is 0 Å². The summed E-state index contributed by atoms with van der Waals surface area (Å²) in [6.07, 6.45) is 5.88. The molecule has 156 valence electrons. The number of aliphatic hydroxyl groups excluding tert-OH is 1. The second-order valence-electron chi connectivity index (χ2n) is 7.12. The van der Waals surface area contributed by atoms with Crippen LogP contribution in [0.15, 0.2) is 36.7 Å². The zero-order valence-electron chi connectivity index (χ0n) is 16.4. The van der Waals surface area contributed by atoms with Crippen molar-refractivity contribution in [3.05, 3.63) is 53.0 Å². The fourth-order valence-electron chi connectivity index (χ4n) is 3.56. The number of amides is 1. The average Bonchev–Trinajstić information content (AvgIpc) is 3.21. The van der Waals surface area contributed by atoms with Gasteiger partial charge in [0.05, 0.1) is 12.1 Å². The first-order valence-electron chi connectivity index (χ1n) is 9.55. The standard InChI is InChI=1S/C20H21FN6O2S/c1-27(20(7-3-8-20)18-14(21)4-2-9-22-18)16-6-5-15(25-26-16)19-24-11-13(30-19)10-23-17(29)12-28/h2,4-6,9,11,28H,3,7-8,10,12H2,1H3,(H,23,29). The first-order chi connectivity index (χ1) is 14.5. The van der Waals surface area contributed by atoms with Crippen LogP contribution in [0.5, 0.6) is 0 Å². The third-order valence-corrected chi connectivity index (χ3v) is 6.41. The van der Waals surface area contributed by atoms with E-state index in [0.717, 1.165) is 24.1 Å². The van der Waals surface area contributed by atoms with E-state index in [0.29, 0.717) is 28.8 Å². The summed E-state index contributed by atoms with van der Waals surface area (Å²) in [5.41, 5.74) is 0.545. The van der Waals surface area contributed by atoms with Gasteiger partial charge >= 0.3 is 0 Å². The van der Waals surface area contributed by atoms with Crippen LogP contribution in [0.25, 0.3) is 10.7 Å². The summed E-state index contributed by atoms with van der Waals surface area (Å²) in [4.78, 5) is 22.6. The Kier molecular flexibility index (Phi) is 5.69. The number of hydrogen-bond acceptors (Lipinski definition) is 8. The number of halogens is 1. The van der Waals surface area contributed by atoms with Crippen LogP contribution < -0.4 is 10.2 Å². The molecule has 0 unspecified atom stereocenters. The Labute approximate surface area is 176 Å². The van der Waals surface area contributed by atoms with Gasteiger partial charge in [0, 0.05) is 24.3 Å². The number of aliphatic hydroxyl groups is 1. The van der Waals surface area contributed by atoms with Gasteiger partial charge in [-0.25, -0.2) is 9.37 Å². The van der Waals surface area contributed by atoms with Crippen molar-refractivity contribution < 1.29 is 14.3 Å². The SMILES string of the molecule is CN(c1ccc(-c2ncc(CNC(=O)CO)s2)nn1)C1(c2ncccc2F)CCC1. The molecule has 3 aromatic heterocycles. The van der Waals surface area contributed by atoms with E-state index in [9.17, 15) is 9.18 Å². The quantitative estimate of drug-likeness (QED) is 0.595. The van der Waals surface area contributed by atoms with Crippen molar-refractivity contribution in [1.82, 2.24) is 25.5 Å². The molecule has 0 bridgehead atoms. The lowest BCUT2D eigenvalue weighted by atomic mass is 9.72. The Hall–Kier alpha value is -2.98. The normalized spacial score (nSPS) is 14.8. The van der Waals surface area contributed by atoms with Crippen LogP contribution in [0, 0.1) is 5.82 Å². The van der Waals surface area contributed by atoms with Gasteiger partial charge in [0.1, 0.15) is 28.8 Å². The predicted octanol–water partition coefficient (Wildman–Crippen LogP) is 2.26. The minimum Gasteiger partial charge on any atom is -0.387 e. The highest BCUT2D eigenvalue weighted by molar-refractivity contribution is 7.15. The molecule has 0 saturated heterocycles. The highest BCUT2D eigenvalue weighted by atomic mass is 32.1. The summed E-state index contributed by atoms with van der Waals surface area (Å²) in [7, 11) is 1.89. The number of aromatic nitrogens is 4. The second kappa shape index (κ2) is 8.41. The first-order valence-corrected chi connectivity index (χ1v) is 10.4. The monoisotopic (exact) mass is 428 g/mol. The number of thiazole rings is 1. The van der Waals surface area contributed by atoms with Crippen molar-refractivity contribution in [1.29, 1.82) is 0 Å². The van der Waals surface area contributed by atoms with Crippen molar-refractivity contribution in [3.8, 4) is 10.7 Å². The number of nitrogens with one attached hydrogen (secondary N) is 1.